The van der Waals surface area contributed by atoms with E-state index in [1.165, 1.54) is 55.6 Å². The van der Waals surface area contributed by atoms with Crippen LogP contribution in [0.1, 0.15) is 22.3 Å². The van der Waals surface area contributed by atoms with Crippen molar-refractivity contribution >= 4 is 21.9 Å². The first-order chi connectivity index (χ1) is 36.7. The Bertz CT molecular complexity index is 4160. The predicted molar refractivity (Wildman–Crippen MR) is 301 cm³/mol. The van der Waals surface area contributed by atoms with Gasteiger partial charge in [0.05, 0.1) is 5.41 Å². The summed E-state index contributed by atoms with van der Waals surface area (Å²) in [7, 11) is 0. The van der Waals surface area contributed by atoms with Crippen LogP contribution in [0.25, 0.3) is 123 Å². The molecular weight excluding hydrogens is 899 g/mol. The molecule has 2 heterocycles. The fraction of sp³-hybridized carbons (Fsp3) is 0.0143. The lowest BCUT2D eigenvalue weighted by molar-refractivity contribution is 0.669. The summed E-state index contributed by atoms with van der Waals surface area (Å²) in [6, 6.07) is 93.5. The lowest BCUT2D eigenvalue weighted by Gasteiger charge is -2.32. The first-order valence-electron chi connectivity index (χ1n) is 25.2. The molecule has 74 heavy (non-hydrogen) atoms. The Balaban J connectivity index is 0.839. The molecule has 0 bridgehead atoms. The fourth-order valence-electron chi connectivity index (χ4n) is 12.1. The zero-order valence-corrected chi connectivity index (χ0v) is 40.1. The molecule has 0 amide bonds. The van der Waals surface area contributed by atoms with Gasteiger partial charge in [0.2, 0.25) is 0 Å². The van der Waals surface area contributed by atoms with Crippen LogP contribution in [0.15, 0.2) is 265 Å². The van der Waals surface area contributed by atoms with Gasteiger partial charge in [0, 0.05) is 27.5 Å². The molecule has 0 aliphatic heterocycles. The summed E-state index contributed by atoms with van der Waals surface area (Å²) < 4.78 is 6.62. The van der Waals surface area contributed by atoms with Gasteiger partial charge in [-0.25, -0.2) is 15.0 Å². The van der Waals surface area contributed by atoms with Gasteiger partial charge in [-0.15, -0.1) is 0 Å². The molecule has 344 valence electrons. The zero-order valence-electron chi connectivity index (χ0n) is 40.1. The third-order valence-electron chi connectivity index (χ3n) is 15.4. The number of nitrogens with zero attached hydrogens (tertiary/aromatic N) is 3. The van der Waals surface area contributed by atoms with Gasteiger partial charge in [0.15, 0.2) is 17.5 Å². The van der Waals surface area contributed by atoms with E-state index in [4.69, 9.17) is 19.4 Å². The second-order valence-corrected chi connectivity index (χ2v) is 19.4. The maximum absolute atomic E-state index is 6.62. The van der Waals surface area contributed by atoms with Gasteiger partial charge in [-0.1, -0.05) is 243 Å². The van der Waals surface area contributed by atoms with Crippen molar-refractivity contribution in [3.8, 4) is 101 Å². The quantitative estimate of drug-likeness (QED) is 0.160. The molecule has 0 fully saturated rings. The third-order valence-corrected chi connectivity index (χ3v) is 15.4. The molecule has 0 unspecified atom stereocenters. The lowest BCUT2D eigenvalue weighted by atomic mass is 9.68. The maximum atomic E-state index is 6.62. The molecule has 13 aromatic rings. The molecule has 0 N–H and O–H groups in total. The number of furan rings is 1. The molecule has 11 aromatic carbocycles. The average molecular weight is 942 g/mol. The van der Waals surface area contributed by atoms with Crippen LogP contribution in [0.4, 0.5) is 0 Å². The predicted octanol–water partition coefficient (Wildman–Crippen LogP) is 17.8. The lowest BCUT2D eigenvalue weighted by Crippen LogP contribution is -2.26. The van der Waals surface area contributed by atoms with Gasteiger partial charge in [-0.2, -0.15) is 0 Å². The van der Waals surface area contributed by atoms with Crippen LogP contribution in [0.3, 0.4) is 0 Å². The molecule has 2 aromatic heterocycles. The van der Waals surface area contributed by atoms with Gasteiger partial charge in [-0.05, 0) is 107 Å². The van der Waals surface area contributed by atoms with Crippen molar-refractivity contribution < 1.29 is 4.42 Å². The number of hydrogen-bond acceptors (Lipinski definition) is 4. The summed E-state index contributed by atoms with van der Waals surface area (Å²) in [5.74, 6) is 1.78. The van der Waals surface area contributed by atoms with Crippen LogP contribution in [-0.4, -0.2) is 15.0 Å². The summed E-state index contributed by atoms with van der Waals surface area (Å²) in [4.78, 5) is 15.6. The molecule has 2 aliphatic carbocycles. The van der Waals surface area contributed by atoms with E-state index in [1.807, 2.05) is 24.3 Å². The molecular formula is C70H43N3O. The first kappa shape index (κ1) is 42.0. The molecule has 0 atom stereocenters. The minimum atomic E-state index is -0.431. The minimum absolute atomic E-state index is 0.431. The molecule has 1 spiro atoms. The highest BCUT2D eigenvalue weighted by Crippen LogP contribution is 2.64. The molecule has 0 saturated carbocycles. The van der Waals surface area contributed by atoms with Crippen LogP contribution in [0.5, 0.6) is 0 Å². The van der Waals surface area contributed by atoms with Crippen LogP contribution < -0.4 is 0 Å². The summed E-state index contributed by atoms with van der Waals surface area (Å²) >= 11 is 0. The molecule has 15 rings (SSSR count). The average Bonchev–Trinajstić information content (AvgIpc) is 4.12. The standard InChI is InChI=1S/C70H43N3O/c1-3-15-44(16-4-1)46-31-37-50(38-32-46)67-71-68(51-39-33-47(34-40-51)45-17-5-2-6-18-45)73-69(72-67)58-24-14-28-64-65(58)59-43-52(41-42-63(59)74-64)48-29-35-49(36-30-48)53-22-13-23-57-56-21-9-12-27-62(56)70(66(53)57)60-25-10-7-19-54(60)55-20-8-11-26-61(55)70/h1-43H. The summed E-state index contributed by atoms with van der Waals surface area (Å²) in [5, 5.41) is 1.96. The van der Waals surface area contributed by atoms with E-state index in [0.717, 1.165) is 72.0 Å². The van der Waals surface area contributed by atoms with E-state index in [9.17, 15) is 0 Å². The van der Waals surface area contributed by atoms with Crippen molar-refractivity contribution in [2.45, 2.75) is 5.41 Å². The van der Waals surface area contributed by atoms with Gasteiger partial charge >= 0.3 is 0 Å². The monoisotopic (exact) mass is 941 g/mol. The van der Waals surface area contributed by atoms with Crippen molar-refractivity contribution in [1.29, 1.82) is 0 Å². The number of benzene rings is 11. The van der Waals surface area contributed by atoms with Crippen molar-refractivity contribution in [3.63, 3.8) is 0 Å². The van der Waals surface area contributed by atoms with Gasteiger partial charge < -0.3 is 4.42 Å². The van der Waals surface area contributed by atoms with Gasteiger partial charge in [0.1, 0.15) is 11.2 Å². The number of rotatable bonds is 7. The van der Waals surface area contributed by atoms with E-state index in [1.54, 1.807) is 0 Å². The van der Waals surface area contributed by atoms with Crippen molar-refractivity contribution in [1.82, 2.24) is 15.0 Å². The van der Waals surface area contributed by atoms with Crippen LogP contribution in [0, 0.1) is 0 Å². The number of hydrogen-bond donors (Lipinski definition) is 0. The summed E-state index contributed by atoms with van der Waals surface area (Å²) in [6.07, 6.45) is 0. The highest BCUT2D eigenvalue weighted by Gasteiger charge is 2.52. The molecule has 0 saturated heterocycles. The maximum Gasteiger partial charge on any atom is 0.164 e. The number of fused-ring (bicyclic) bond motifs is 13. The van der Waals surface area contributed by atoms with Gasteiger partial charge in [-0.3, -0.25) is 0 Å². The Hall–Kier alpha value is -9.77. The molecule has 4 heteroatoms. The Kier molecular flexibility index (Phi) is 9.45. The smallest absolute Gasteiger partial charge is 0.164 e. The second kappa shape index (κ2) is 16.7. The van der Waals surface area contributed by atoms with E-state index in [-0.39, 0.29) is 0 Å². The molecule has 0 radical (unpaired) electrons. The van der Waals surface area contributed by atoms with E-state index >= 15 is 0 Å². The van der Waals surface area contributed by atoms with E-state index < -0.39 is 5.41 Å². The highest BCUT2D eigenvalue weighted by atomic mass is 16.3. The zero-order chi connectivity index (χ0) is 48.7. The van der Waals surface area contributed by atoms with E-state index in [0.29, 0.717) is 17.5 Å². The SMILES string of the molecule is c1ccc(-c2ccc(-c3nc(-c4ccc(-c5ccccc5)cc4)nc(-c4cccc5oc6ccc(-c7ccc(-c8cccc9c8C8(c%10ccccc%10-c%10ccccc%108)c8ccccc8-9)cc7)cc6c45)n3)cc2)cc1. The first-order valence-corrected chi connectivity index (χ1v) is 25.2. The highest BCUT2D eigenvalue weighted by molar-refractivity contribution is 6.13. The molecule has 2 aliphatic rings. The van der Waals surface area contributed by atoms with Crippen molar-refractivity contribution in [2.75, 3.05) is 0 Å². The summed E-state index contributed by atoms with van der Waals surface area (Å²) in [5.41, 5.74) is 23.6. The van der Waals surface area contributed by atoms with Crippen molar-refractivity contribution in [2.24, 2.45) is 0 Å². The minimum Gasteiger partial charge on any atom is -0.456 e. The largest absolute Gasteiger partial charge is 0.456 e. The normalized spacial score (nSPS) is 12.7. The van der Waals surface area contributed by atoms with Crippen LogP contribution in [0.2, 0.25) is 0 Å². The second-order valence-electron chi connectivity index (χ2n) is 19.4. The summed E-state index contributed by atoms with van der Waals surface area (Å²) in [6.45, 7) is 0. The Morgan fingerprint density at radius 1 is 0.257 bits per heavy atom. The van der Waals surface area contributed by atoms with E-state index in [2.05, 4.69) is 237 Å². The van der Waals surface area contributed by atoms with Gasteiger partial charge in [0.25, 0.3) is 0 Å². The topological polar surface area (TPSA) is 51.8 Å². The fourth-order valence-corrected chi connectivity index (χ4v) is 12.1. The molecule has 4 nitrogen and oxygen atoms in total. The Morgan fingerprint density at radius 2 is 0.649 bits per heavy atom. The Morgan fingerprint density at radius 3 is 1.22 bits per heavy atom. The third kappa shape index (κ3) is 6.45. The van der Waals surface area contributed by atoms with Crippen molar-refractivity contribution in [3.05, 3.63) is 283 Å². The van der Waals surface area contributed by atoms with Crippen LogP contribution >= 0.6 is 0 Å². The van der Waals surface area contributed by atoms with Crippen LogP contribution in [-0.2, 0) is 5.41 Å². The Labute approximate surface area is 428 Å². The number of aromatic nitrogens is 3.